The third-order valence-corrected chi connectivity index (χ3v) is 4.93. The molecule has 0 saturated heterocycles. The molecule has 0 radical (unpaired) electrons. The first-order valence-electron chi connectivity index (χ1n) is 8.41. The van der Waals surface area contributed by atoms with Crippen LogP contribution in [-0.4, -0.2) is 17.1 Å². The Morgan fingerprint density at radius 3 is 2.26 bits per heavy atom. The third-order valence-electron chi connectivity index (χ3n) is 4.32. The highest BCUT2D eigenvalue weighted by molar-refractivity contribution is 9.10. The maximum atomic E-state index is 13.6. The lowest BCUT2D eigenvalue weighted by molar-refractivity contribution is 0.415. The molecule has 5 heteroatoms. The minimum Gasteiger partial charge on any atom is -0.497 e. The second-order valence-corrected chi connectivity index (χ2v) is 6.89. The second-order valence-electron chi connectivity index (χ2n) is 6.03. The molecule has 3 nitrogen and oxygen atoms in total. The Labute approximate surface area is 165 Å². The van der Waals surface area contributed by atoms with E-state index in [-0.39, 0.29) is 5.82 Å². The summed E-state index contributed by atoms with van der Waals surface area (Å²) in [7, 11) is 1.64. The Kier molecular flexibility index (Phi) is 4.77. The van der Waals surface area contributed by atoms with Crippen molar-refractivity contribution in [3.05, 3.63) is 83.1 Å². The Balaban J connectivity index is 1.87. The number of nitrogens with zero attached hydrogens (tertiary/aromatic N) is 1. The van der Waals surface area contributed by atoms with Gasteiger partial charge in [0.1, 0.15) is 17.4 Å². The molecule has 1 aromatic heterocycles. The number of aromatic nitrogens is 2. The molecule has 0 aliphatic rings. The molecule has 0 bridgehead atoms. The fourth-order valence-corrected chi connectivity index (χ4v) is 3.30. The maximum Gasteiger partial charge on any atom is 0.138 e. The van der Waals surface area contributed by atoms with Crippen molar-refractivity contribution in [1.29, 1.82) is 0 Å². The highest BCUT2D eigenvalue weighted by atomic mass is 79.9. The van der Waals surface area contributed by atoms with Crippen LogP contribution in [0.25, 0.3) is 33.9 Å². The minimum absolute atomic E-state index is 0.302. The first kappa shape index (κ1) is 17.5. The van der Waals surface area contributed by atoms with Crippen LogP contribution in [-0.2, 0) is 0 Å². The number of methoxy groups -OCH3 is 1. The van der Waals surface area contributed by atoms with Crippen LogP contribution < -0.4 is 4.74 Å². The summed E-state index contributed by atoms with van der Waals surface area (Å²) < 4.78 is 19.3. The Morgan fingerprint density at radius 2 is 1.59 bits per heavy atom. The van der Waals surface area contributed by atoms with E-state index < -0.39 is 0 Å². The van der Waals surface area contributed by atoms with E-state index in [2.05, 4.69) is 20.9 Å². The summed E-state index contributed by atoms with van der Waals surface area (Å²) in [6.45, 7) is 0. The van der Waals surface area contributed by atoms with E-state index in [9.17, 15) is 4.39 Å². The lowest BCUT2D eigenvalue weighted by atomic mass is 10.1. The predicted molar refractivity (Wildman–Crippen MR) is 109 cm³/mol. The summed E-state index contributed by atoms with van der Waals surface area (Å²) in [5.74, 6) is 1.17. The van der Waals surface area contributed by atoms with Crippen LogP contribution in [0.1, 0.15) is 0 Å². The van der Waals surface area contributed by atoms with E-state index in [0.717, 1.165) is 33.8 Å². The van der Waals surface area contributed by atoms with Gasteiger partial charge >= 0.3 is 0 Å². The van der Waals surface area contributed by atoms with Gasteiger partial charge in [-0.05, 0) is 58.4 Å². The van der Waals surface area contributed by atoms with Gasteiger partial charge in [0.2, 0.25) is 0 Å². The average Bonchev–Trinajstić information content (AvgIpc) is 3.16. The molecule has 27 heavy (non-hydrogen) atoms. The fourth-order valence-electron chi connectivity index (χ4n) is 2.92. The number of rotatable bonds is 4. The van der Waals surface area contributed by atoms with Crippen molar-refractivity contribution in [1.82, 2.24) is 9.97 Å². The molecule has 134 valence electrons. The summed E-state index contributed by atoms with van der Waals surface area (Å²) in [5, 5.41) is 0. The molecule has 1 heterocycles. The smallest absolute Gasteiger partial charge is 0.138 e. The van der Waals surface area contributed by atoms with Crippen molar-refractivity contribution in [2.45, 2.75) is 0 Å². The lowest BCUT2D eigenvalue weighted by Gasteiger charge is -2.04. The molecular formula is C22H16BrFN2O. The number of imidazole rings is 1. The number of nitrogens with one attached hydrogen (secondary N) is 1. The first-order valence-corrected chi connectivity index (χ1v) is 9.20. The second kappa shape index (κ2) is 7.37. The van der Waals surface area contributed by atoms with Gasteiger partial charge in [-0.15, -0.1) is 0 Å². The first-order chi connectivity index (χ1) is 13.2. The molecule has 0 aliphatic carbocycles. The van der Waals surface area contributed by atoms with Gasteiger partial charge in [0.25, 0.3) is 0 Å². The number of benzene rings is 3. The molecule has 0 saturated carbocycles. The van der Waals surface area contributed by atoms with Crippen molar-refractivity contribution in [2.24, 2.45) is 0 Å². The predicted octanol–water partition coefficient (Wildman–Crippen LogP) is 6.32. The Morgan fingerprint density at radius 1 is 0.889 bits per heavy atom. The van der Waals surface area contributed by atoms with Crippen molar-refractivity contribution in [2.75, 3.05) is 7.11 Å². The summed E-state index contributed by atoms with van der Waals surface area (Å²) in [6.07, 6.45) is 0. The number of aromatic amines is 1. The summed E-state index contributed by atoms with van der Waals surface area (Å²) >= 11 is 3.24. The highest BCUT2D eigenvalue weighted by Gasteiger charge is 2.16. The average molecular weight is 423 g/mol. The Hall–Kier alpha value is -2.92. The Bertz CT molecular complexity index is 1080. The van der Waals surface area contributed by atoms with E-state index in [1.165, 1.54) is 6.07 Å². The molecule has 0 spiro atoms. The van der Waals surface area contributed by atoms with E-state index in [1.54, 1.807) is 19.2 Å². The molecule has 3 aromatic carbocycles. The van der Waals surface area contributed by atoms with Crippen molar-refractivity contribution in [3.63, 3.8) is 0 Å². The fraction of sp³-hybridized carbons (Fsp3) is 0.0455. The molecule has 4 aromatic rings. The molecule has 0 unspecified atom stereocenters. The summed E-state index contributed by atoms with van der Waals surface area (Å²) in [5.41, 5.74) is 4.55. The molecule has 4 rings (SSSR count). The number of ether oxygens (including phenoxy) is 1. The molecule has 0 atom stereocenters. The largest absolute Gasteiger partial charge is 0.497 e. The van der Waals surface area contributed by atoms with Gasteiger partial charge in [-0.3, -0.25) is 0 Å². The van der Waals surface area contributed by atoms with Gasteiger partial charge in [-0.25, -0.2) is 9.37 Å². The van der Waals surface area contributed by atoms with Crippen LogP contribution in [0.2, 0.25) is 0 Å². The zero-order valence-corrected chi connectivity index (χ0v) is 16.1. The maximum absolute atomic E-state index is 13.6. The standard InChI is InChI=1S/C22H16BrFN2O/c1-27-17-10-7-15(8-11-17)21-20(14-5-3-2-4-6-14)25-22(26-21)16-9-12-19(24)18(23)13-16/h2-13H,1H3,(H,25,26). The van der Waals surface area contributed by atoms with Gasteiger partial charge in [-0.2, -0.15) is 0 Å². The van der Waals surface area contributed by atoms with Gasteiger partial charge in [-0.1, -0.05) is 30.3 Å². The van der Waals surface area contributed by atoms with Crippen LogP contribution in [0.15, 0.2) is 77.3 Å². The van der Waals surface area contributed by atoms with Crippen molar-refractivity contribution >= 4 is 15.9 Å². The van der Waals surface area contributed by atoms with Crippen LogP contribution in [0.4, 0.5) is 4.39 Å². The zero-order chi connectivity index (χ0) is 18.8. The van der Waals surface area contributed by atoms with Crippen molar-refractivity contribution in [3.8, 4) is 39.7 Å². The minimum atomic E-state index is -0.302. The molecule has 0 aliphatic heterocycles. The van der Waals surface area contributed by atoms with E-state index in [0.29, 0.717) is 10.3 Å². The van der Waals surface area contributed by atoms with Crippen molar-refractivity contribution < 1.29 is 9.13 Å². The van der Waals surface area contributed by atoms with Crippen LogP contribution in [0.3, 0.4) is 0 Å². The highest BCUT2D eigenvalue weighted by Crippen LogP contribution is 2.34. The lowest BCUT2D eigenvalue weighted by Crippen LogP contribution is -1.85. The molecule has 1 N–H and O–H groups in total. The van der Waals surface area contributed by atoms with Crippen LogP contribution in [0.5, 0.6) is 5.75 Å². The number of hydrogen-bond acceptors (Lipinski definition) is 2. The van der Waals surface area contributed by atoms with Gasteiger partial charge < -0.3 is 9.72 Å². The van der Waals surface area contributed by atoms with Gasteiger partial charge in [0.15, 0.2) is 0 Å². The van der Waals surface area contributed by atoms with E-state index >= 15 is 0 Å². The molecular weight excluding hydrogens is 407 g/mol. The quantitative estimate of drug-likeness (QED) is 0.417. The number of hydrogen-bond donors (Lipinski definition) is 1. The molecule has 0 amide bonds. The monoisotopic (exact) mass is 422 g/mol. The normalized spacial score (nSPS) is 10.8. The van der Waals surface area contributed by atoms with E-state index in [4.69, 9.17) is 9.72 Å². The van der Waals surface area contributed by atoms with Gasteiger partial charge in [0.05, 0.1) is 23.0 Å². The number of halogens is 2. The molecule has 0 fully saturated rings. The van der Waals surface area contributed by atoms with Crippen LogP contribution in [0, 0.1) is 5.82 Å². The van der Waals surface area contributed by atoms with Crippen LogP contribution >= 0.6 is 15.9 Å². The summed E-state index contributed by atoms with van der Waals surface area (Å²) in [4.78, 5) is 8.21. The third kappa shape index (κ3) is 3.51. The zero-order valence-electron chi connectivity index (χ0n) is 14.5. The topological polar surface area (TPSA) is 37.9 Å². The van der Waals surface area contributed by atoms with E-state index in [1.807, 2.05) is 54.6 Å². The summed E-state index contributed by atoms with van der Waals surface area (Å²) in [6, 6.07) is 22.7. The number of H-pyrrole nitrogens is 1. The SMILES string of the molecule is COc1ccc(-c2[nH]c(-c3ccc(F)c(Br)c3)nc2-c2ccccc2)cc1. The van der Waals surface area contributed by atoms with Gasteiger partial charge in [0, 0.05) is 16.7 Å².